The topological polar surface area (TPSA) is 110 Å². The number of piperidine rings is 1. The van der Waals surface area contributed by atoms with Gasteiger partial charge in [0.2, 0.25) is 11.8 Å². The van der Waals surface area contributed by atoms with Gasteiger partial charge in [0.1, 0.15) is 0 Å². The molecular formula is C15H28N4O2. The Labute approximate surface area is 126 Å². The zero-order chi connectivity index (χ0) is 15.7. The van der Waals surface area contributed by atoms with E-state index >= 15 is 0 Å². The molecule has 1 aliphatic heterocycles. The third-order valence-electron chi connectivity index (χ3n) is 5.15. The normalized spacial score (nSPS) is 37.6. The molecule has 0 aromatic heterocycles. The van der Waals surface area contributed by atoms with Crippen LogP contribution in [-0.2, 0) is 9.59 Å². The van der Waals surface area contributed by atoms with Crippen LogP contribution in [0.15, 0.2) is 0 Å². The van der Waals surface area contributed by atoms with Crippen molar-refractivity contribution >= 4 is 11.8 Å². The molecule has 6 N–H and O–H groups in total. The fourth-order valence-corrected chi connectivity index (χ4v) is 3.54. The van der Waals surface area contributed by atoms with Gasteiger partial charge in [0.05, 0.1) is 18.1 Å². The lowest BCUT2D eigenvalue weighted by atomic mass is 9.69. The van der Waals surface area contributed by atoms with Crippen molar-refractivity contribution in [1.82, 2.24) is 10.6 Å². The second kappa shape index (κ2) is 6.32. The van der Waals surface area contributed by atoms with Gasteiger partial charge in [0, 0.05) is 6.04 Å². The summed E-state index contributed by atoms with van der Waals surface area (Å²) in [7, 11) is 0. The van der Waals surface area contributed by atoms with Gasteiger partial charge in [-0.1, -0.05) is 27.2 Å². The van der Waals surface area contributed by atoms with Gasteiger partial charge in [-0.15, -0.1) is 0 Å². The van der Waals surface area contributed by atoms with Crippen LogP contribution in [-0.4, -0.2) is 36.0 Å². The summed E-state index contributed by atoms with van der Waals surface area (Å²) >= 11 is 0. The number of nitrogens with two attached hydrogens (primary N) is 2. The molecule has 1 saturated heterocycles. The van der Waals surface area contributed by atoms with Crippen LogP contribution in [0.25, 0.3) is 0 Å². The summed E-state index contributed by atoms with van der Waals surface area (Å²) in [5.41, 5.74) is 11.8. The summed E-state index contributed by atoms with van der Waals surface area (Å²) in [4.78, 5) is 24.1. The van der Waals surface area contributed by atoms with Gasteiger partial charge < -0.3 is 22.1 Å². The predicted octanol–water partition coefficient (Wildman–Crippen LogP) is -0.284. The molecule has 2 amide bonds. The lowest BCUT2D eigenvalue weighted by Gasteiger charge is -2.47. The highest BCUT2D eigenvalue weighted by Gasteiger charge is 2.45. The van der Waals surface area contributed by atoms with Gasteiger partial charge in [-0.25, -0.2) is 0 Å². The second-order valence-electron chi connectivity index (χ2n) is 6.90. The number of nitrogens with one attached hydrogen (secondary N) is 2. The minimum Gasteiger partial charge on any atom is -0.350 e. The van der Waals surface area contributed by atoms with Crippen molar-refractivity contribution in [1.29, 1.82) is 0 Å². The number of hydrogen-bond acceptors (Lipinski definition) is 4. The Morgan fingerprint density at radius 2 is 2.05 bits per heavy atom. The van der Waals surface area contributed by atoms with Crippen molar-refractivity contribution in [2.24, 2.45) is 29.2 Å². The van der Waals surface area contributed by atoms with Gasteiger partial charge in [-0.05, 0) is 30.6 Å². The van der Waals surface area contributed by atoms with E-state index < -0.39 is 12.1 Å². The van der Waals surface area contributed by atoms with Gasteiger partial charge in [-0.2, -0.15) is 0 Å². The van der Waals surface area contributed by atoms with Gasteiger partial charge in [0.15, 0.2) is 0 Å². The van der Waals surface area contributed by atoms with E-state index in [4.69, 9.17) is 11.5 Å². The highest BCUT2D eigenvalue weighted by molar-refractivity contribution is 5.84. The van der Waals surface area contributed by atoms with E-state index in [9.17, 15) is 9.59 Å². The number of carbonyl (C=O) groups is 2. The van der Waals surface area contributed by atoms with Crippen LogP contribution in [0.2, 0.25) is 0 Å². The largest absolute Gasteiger partial charge is 0.350 e. The van der Waals surface area contributed by atoms with Gasteiger partial charge in [0.25, 0.3) is 0 Å². The first-order valence-corrected chi connectivity index (χ1v) is 7.94. The molecule has 0 aromatic carbocycles. The second-order valence-corrected chi connectivity index (χ2v) is 6.90. The van der Waals surface area contributed by atoms with E-state index in [-0.39, 0.29) is 35.7 Å². The van der Waals surface area contributed by atoms with Crippen molar-refractivity contribution in [2.45, 2.75) is 64.2 Å². The molecule has 21 heavy (non-hydrogen) atoms. The Bertz CT molecular complexity index is 412. The summed E-state index contributed by atoms with van der Waals surface area (Å²) in [6.45, 7) is 5.89. The Balaban J connectivity index is 2.07. The Hall–Kier alpha value is -1.14. The quantitative estimate of drug-likeness (QED) is 0.574. The third kappa shape index (κ3) is 3.21. The number of amides is 2. The molecule has 2 rings (SSSR count). The van der Waals surface area contributed by atoms with Gasteiger partial charge in [-0.3, -0.25) is 9.59 Å². The third-order valence-corrected chi connectivity index (χ3v) is 5.15. The lowest BCUT2D eigenvalue weighted by Crippen LogP contribution is -2.67. The van der Waals surface area contributed by atoms with E-state index in [0.717, 1.165) is 19.3 Å². The first kappa shape index (κ1) is 16.2. The molecule has 6 nitrogen and oxygen atoms in total. The van der Waals surface area contributed by atoms with Crippen LogP contribution in [0.1, 0.15) is 40.0 Å². The van der Waals surface area contributed by atoms with E-state index in [1.165, 1.54) is 0 Å². The number of fused-ring (bicyclic) bond motifs is 1. The fraction of sp³-hybridized carbons (Fsp3) is 0.867. The monoisotopic (exact) mass is 296 g/mol. The van der Waals surface area contributed by atoms with E-state index in [2.05, 4.69) is 10.6 Å². The van der Waals surface area contributed by atoms with E-state index in [1.54, 1.807) is 0 Å². The molecule has 6 atom stereocenters. The number of rotatable bonds is 3. The van der Waals surface area contributed by atoms with Crippen LogP contribution in [0.4, 0.5) is 0 Å². The van der Waals surface area contributed by atoms with Gasteiger partial charge >= 0.3 is 0 Å². The highest BCUT2D eigenvalue weighted by atomic mass is 16.2. The average Bonchev–Trinajstić information content (AvgIpc) is 2.44. The van der Waals surface area contributed by atoms with Crippen molar-refractivity contribution in [3.8, 4) is 0 Å². The molecule has 0 radical (unpaired) electrons. The average molecular weight is 296 g/mol. The molecule has 6 unspecified atom stereocenters. The molecule has 1 saturated carbocycles. The molecule has 0 bridgehead atoms. The van der Waals surface area contributed by atoms with Crippen molar-refractivity contribution in [2.75, 3.05) is 0 Å². The van der Waals surface area contributed by atoms with Crippen LogP contribution in [0.5, 0.6) is 0 Å². The van der Waals surface area contributed by atoms with E-state index in [1.807, 2.05) is 20.8 Å². The fourth-order valence-electron chi connectivity index (χ4n) is 3.54. The molecule has 0 aromatic rings. The van der Waals surface area contributed by atoms with E-state index in [0.29, 0.717) is 5.92 Å². The number of hydrogen-bond donors (Lipinski definition) is 4. The first-order valence-electron chi connectivity index (χ1n) is 7.94. The Morgan fingerprint density at radius 3 is 2.67 bits per heavy atom. The number of carbonyl (C=O) groups excluding carboxylic acids is 2. The van der Waals surface area contributed by atoms with Crippen LogP contribution in [0.3, 0.4) is 0 Å². The summed E-state index contributed by atoms with van der Waals surface area (Å²) in [6.07, 6.45) is 2.96. The smallest absolute Gasteiger partial charge is 0.237 e. The predicted molar refractivity (Wildman–Crippen MR) is 81.2 cm³/mol. The maximum absolute atomic E-state index is 12.2. The molecule has 6 heteroatoms. The Kier molecular flexibility index (Phi) is 4.88. The molecule has 0 spiro atoms. The molecule has 2 aliphatic rings. The highest BCUT2D eigenvalue weighted by Crippen LogP contribution is 2.34. The summed E-state index contributed by atoms with van der Waals surface area (Å²) in [6, 6.07) is -1.02. The zero-order valence-corrected chi connectivity index (χ0v) is 13.1. The SMILES string of the molecule is CC(C)C(N)C(=O)NC1CCCC2C(C)C(N)C(=O)NC12. The standard InChI is InChI=1S/C15H28N4O2/c1-7(2)11(16)14(20)18-10-6-4-5-9-8(3)12(17)15(21)19-13(9)10/h7-13H,4-6,16-17H2,1-3H3,(H,18,20)(H,19,21). The van der Waals surface area contributed by atoms with Crippen molar-refractivity contribution < 1.29 is 9.59 Å². The summed E-state index contributed by atoms with van der Waals surface area (Å²) < 4.78 is 0. The maximum atomic E-state index is 12.2. The Morgan fingerprint density at radius 1 is 1.38 bits per heavy atom. The minimum absolute atomic E-state index is 0.0237. The minimum atomic E-state index is -0.510. The zero-order valence-electron chi connectivity index (χ0n) is 13.1. The summed E-state index contributed by atoms with van der Waals surface area (Å²) in [5.74, 6) is 0.317. The van der Waals surface area contributed by atoms with Crippen molar-refractivity contribution in [3.05, 3.63) is 0 Å². The van der Waals surface area contributed by atoms with Crippen LogP contribution < -0.4 is 22.1 Å². The molecular weight excluding hydrogens is 268 g/mol. The van der Waals surface area contributed by atoms with Crippen LogP contribution >= 0.6 is 0 Å². The molecule has 1 aliphatic carbocycles. The lowest BCUT2D eigenvalue weighted by molar-refractivity contribution is -0.131. The molecule has 1 heterocycles. The summed E-state index contributed by atoms with van der Waals surface area (Å²) in [5, 5.41) is 6.04. The maximum Gasteiger partial charge on any atom is 0.237 e. The first-order chi connectivity index (χ1) is 9.82. The molecule has 2 fully saturated rings. The van der Waals surface area contributed by atoms with Crippen LogP contribution in [0, 0.1) is 17.8 Å². The molecule has 120 valence electrons. The van der Waals surface area contributed by atoms with Crippen molar-refractivity contribution in [3.63, 3.8) is 0 Å².